The number of nitrogens with zero attached hydrogens (tertiary/aromatic N) is 1. The lowest BCUT2D eigenvalue weighted by molar-refractivity contribution is -0.116. The van der Waals surface area contributed by atoms with Crippen LogP contribution in [0.25, 0.3) is 0 Å². The number of hydrogen-bond donors (Lipinski definition) is 1. The topological polar surface area (TPSA) is 51.1 Å². The summed E-state index contributed by atoms with van der Waals surface area (Å²) in [5.74, 6) is 0.225. The summed E-state index contributed by atoms with van der Waals surface area (Å²) >= 11 is 3.28. The van der Waals surface area contributed by atoms with Crippen molar-refractivity contribution in [3.8, 4) is 0 Å². The van der Waals surface area contributed by atoms with Crippen LogP contribution in [0.5, 0.6) is 0 Å². The van der Waals surface area contributed by atoms with E-state index in [-0.39, 0.29) is 18.0 Å². The highest BCUT2D eigenvalue weighted by atomic mass is 79.9. The molecule has 0 aliphatic heterocycles. The van der Waals surface area contributed by atoms with Crippen LogP contribution >= 0.6 is 15.9 Å². The first-order valence-corrected chi connectivity index (χ1v) is 7.51. The molecule has 2 aromatic rings. The second-order valence-corrected chi connectivity index (χ2v) is 6.05. The maximum absolute atomic E-state index is 12.0. The number of aromatic nitrogens is 1. The molecule has 0 aliphatic carbocycles. The van der Waals surface area contributed by atoms with Crippen molar-refractivity contribution in [2.75, 3.05) is 5.32 Å². The highest BCUT2D eigenvalue weighted by molar-refractivity contribution is 9.10. The minimum Gasteiger partial charge on any atom is -0.325 e. The number of carbonyl (C=O) groups is 1. The lowest BCUT2D eigenvalue weighted by atomic mass is 10.0. The minimum atomic E-state index is -0.229. The third-order valence-corrected chi connectivity index (χ3v) is 3.59. The molecule has 2 rings (SSSR count). The van der Waals surface area contributed by atoms with E-state index in [1.165, 1.54) is 16.2 Å². The number of halogens is 1. The zero-order valence-corrected chi connectivity index (χ0v) is 13.6. The molecule has 0 aliphatic rings. The number of carbonyl (C=O) groups excluding carboxylic acids is 1. The number of hydrogen-bond acceptors (Lipinski definition) is 2. The van der Waals surface area contributed by atoms with Gasteiger partial charge in [-0.1, -0.05) is 26.0 Å². The molecule has 0 atom stereocenters. The van der Waals surface area contributed by atoms with Crippen molar-refractivity contribution < 1.29 is 4.79 Å². The van der Waals surface area contributed by atoms with Crippen molar-refractivity contribution in [2.24, 2.45) is 0 Å². The summed E-state index contributed by atoms with van der Waals surface area (Å²) in [6.07, 6.45) is 1.60. The number of nitrogens with one attached hydrogen (secondary N) is 1. The molecule has 0 saturated heterocycles. The monoisotopic (exact) mass is 348 g/mol. The van der Waals surface area contributed by atoms with Crippen molar-refractivity contribution in [3.63, 3.8) is 0 Å². The van der Waals surface area contributed by atoms with Crippen LogP contribution in [0.2, 0.25) is 0 Å². The molecule has 0 bridgehead atoms. The maximum atomic E-state index is 12.0. The molecule has 0 unspecified atom stereocenters. The molecule has 1 heterocycles. The van der Waals surface area contributed by atoms with Gasteiger partial charge in [0.2, 0.25) is 5.91 Å². The van der Waals surface area contributed by atoms with E-state index in [1.54, 1.807) is 12.3 Å². The van der Waals surface area contributed by atoms with Gasteiger partial charge >= 0.3 is 0 Å². The molecule has 1 aromatic carbocycles. The fraction of sp³-hybridized carbons (Fsp3) is 0.250. The maximum Gasteiger partial charge on any atom is 0.251 e. The van der Waals surface area contributed by atoms with Gasteiger partial charge in [0.25, 0.3) is 5.56 Å². The predicted octanol–water partition coefficient (Wildman–Crippen LogP) is 3.37. The van der Waals surface area contributed by atoms with Crippen molar-refractivity contribution in [1.29, 1.82) is 0 Å². The second kappa shape index (κ2) is 6.72. The Kier molecular flexibility index (Phi) is 4.96. The van der Waals surface area contributed by atoms with Gasteiger partial charge < -0.3 is 9.88 Å². The SMILES string of the molecule is CC(C)c1ccc(NC(=O)Cn2cc(Br)ccc2=O)cc1. The zero-order chi connectivity index (χ0) is 15.4. The highest BCUT2D eigenvalue weighted by Crippen LogP contribution is 2.17. The fourth-order valence-corrected chi connectivity index (χ4v) is 2.31. The smallest absolute Gasteiger partial charge is 0.251 e. The van der Waals surface area contributed by atoms with Gasteiger partial charge in [0.1, 0.15) is 6.54 Å². The van der Waals surface area contributed by atoms with Gasteiger partial charge in [0.05, 0.1) is 0 Å². The van der Waals surface area contributed by atoms with Gasteiger partial charge in [-0.2, -0.15) is 0 Å². The number of anilines is 1. The Morgan fingerprint density at radius 2 is 1.86 bits per heavy atom. The quantitative estimate of drug-likeness (QED) is 0.920. The van der Waals surface area contributed by atoms with Gasteiger partial charge in [0.15, 0.2) is 0 Å². The molecule has 0 fully saturated rings. The lowest BCUT2D eigenvalue weighted by Crippen LogP contribution is -2.26. The van der Waals surface area contributed by atoms with E-state index < -0.39 is 0 Å². The summed E-state index contributed by atoms with van der Waals surface area (Å²) in [4.78, 5) is 23.6. The lowest BCUT2D eigenvalue weighted by Gasteiger charge is -2.09. The van der Waals surface area contributed by atoms with E-state index in [0.29, 0.717) is 5.92 Å². The normalized spacial score (nSPS) is 10.7. The molecule has 1 amide bonds. The third kappa shape index (κ3) is 4.29. The Labute approximate surface area is 131 Å². The van der Waals surface area contributed by atoms with E-state index in [4.69, 9.17) is 0 Å². The summed E-state index contributed by atoms with van der Waals surface area (Å²) < 4.78 is 2.12. The van der Waals surface area contributed by atoms with Crippen LogP contribution in [0.1, 0.15) is 25.3 Å². The van der Waals surface area contributed by atoms with E-state index >= 15 is 0 Å². The average Bonchev–Trinajstić information content (AvgIpc) is 2.43. The van der Waals surface area contributed by atoms with E-state index in [9.17, 15) is 9.59 Å². The average molecular weight is 349 g/mol. The molecule has 0 spiro atoms. The van der Waals surface area contributed by atoms with Gasteiger partial charge in [-0.25, -0.2) is 0 Å². The molecule has 1 aromatic heterocycles. The molecule has 1 N–H and O–H groups in total. The summed E-state index contributed by atoms with van der Waals surface area (Å²) in [7, 11) is 0. The van der Waals surface area contributed by atoms with Gasteiger partial charge in [-0.15, -0.1) is 0 Å². The van der Waals surface area contributed by atoms with E-state index in [1.807, 2.05) is 24.3 Å². The van der Waals surface area contributed by atoms with Crippen LogP contribution in [0.4, 0.5) is 5.69 Å². The van der Waals surface area contributed by atoms with Crippen LogP contribution in [0, 0.1) is 0 Å². The standard InChI is InChI=1S/C16H17BrN2O2/c1-11(2)12-3-6-14(7-4-12)18-15(20)10-19-9-13(17)5-8-16(19)21/h3-9,11H,10H2,1-2H3,(H,18,20). The largest absolute Gasteiger partial charge is 0.325 e. The van der Waals surface area contributed by atoms with Crippen molar-refractivity contribution in [1.82, 2.24) is 4.57 Å². The van der Waals surface area contributed by atoms with Crippen LogP contribution in [-0.2, 0) is 11.3 Å². The fourth-order valence-electron chi connectivity index (χ4n) is 1.93. The summed E-state index contributed by atoms with van der Waals surface area (Å²) in [6, 6.07) is 10.8. The number of amides is 1. The Balaban J connectivity index is 2.04. The van der Waals surface area contributed by atoms with Crippen LogP contribution in [-0.4, -0.2) is 10.5 Å². The van der Waals surface area contributed by atoms with Gasteiger partial charge in [0, 0.05) is 22.4 Å². The van der Waals surface area contributed by atoms with Crippen LogP contribution < -0.4 is 10.9 Å². The first-order chi connectivity index (χ1) is 9.95. The van der Waals surface area contributed by atoms with Crippen LogP contribution in [0.3, 0.4) is 0 Å². The molecule has 21 heavy (non-hydrogen) atoms. The molecule has 110 valence electrons. The molecular formula is C16H17BrN2O2. The Bertz CT molecular complexity index is 690. The second-order valence-electron chi connectivity index (χ2n) is 5.14. The molecular weight excluding hydrogens is 332 g/mol. The first-order valence-electron chi connectivity index (χ1n) is 6.71. The van der Waals surface area contributed by atoms with Crippen molar-refractivity contribution in [3.05, 3.63) is 63.0 Å². The predicted molar refractivity (Wildman–Crippen MR) is 87.6 cm³/mol. The third-order valence-electron chi connectivity index (χ3n) is 3.12. The highest BCUT2D eigenvalue weighted by Gasteiger charge is 2.06. The van der Waals surface area contributed by atoms with Gasteiger partial charge in [-0.3, -0.25) is 9.59 Å². The van der Waals surface area contributed by atoms with E-state index in [2.05, 4.69) is 35.1 Å². The number of pyridine rings is 1. The van der Waals surface area contributed by atoms with Crippen LogP contribution in [0.15, 0.2) is 51.9 Å². The number of rotatable bonds is 4. The minimum absolute atomic E-state index is 0.00972. The molecule has 5 heteroatoms. The van der Waals surface area contributed by atoms with Gasteiger partial charge in [-0.05, 0) is 45.6 Å². The van der Waals surface area contributed by atoms with Crippen molar-refractivity contribution >= 4 is 27.5 Å². The number of benzene rings is 1. The summed E-state index contributed by atoms with van der Waals surface area (Å²) in [6.45, 7) is 4.23. The van der Waals surface area contributed by atoms with E-state index in [0.717, 1.165) is 10.2 Å². The van der Waals surface area contributed by atoms with Crippen molar-refractivity contribution in [2.45, 2.75) is 26.3 Å². The molecule has 0 radical (unpaired) electrons. The Hall–Kier alpha value is -1.88. The zero-order valence-electron chi connectivity index (χ0n) is 12.0. The first kappa shape index (κ1) is 15.5. The Morgan fingerprint density at radius 3 is 2.48 bits per heavy atom. The molecule has 0 saturated carbocycles. The molecule has 4 nitrogen and oxygen atoms in total. The Morgan fingerprint density at radius 1 is 1.19 bits per heavy atom. The summed E-state index contributed by atoms with van der Waals surface area (Å²) in [5, 5.41) is 2.79. The summed E-state index contributed by atoms with van der Waals surface area (Å²) in [5.41, 5.74) is 1.74.